The van der Waals surface area contributed by atoms with Crippen molar-refractivity contribution in [1.29, 1.82) is 0 Å². The van der Waals surface area contributed by atoms with E-state index in [0.29, 0.717) is 41.4 Å². The summed E-state index contributed by atoms with van der Waals surface area (Å²) in [6.07, 6.45) is 2.60. The maximum absolute atomic E-state index is 12.9. The largest absolute Gasteiger partial charge is 0.480 e. The molecule has 1 fully saturated rings. The summed E-state index contributed by atoms with van der Waals surface area (Å²) >= 11 is 6.20. The van der Waals surface area contributed by atoms with Gasteiger partial charge in [-0.15, -0.1) is 0 Å². The summed E-state index contributed by atoms with van der Waals surface area (Å²) in [6.45, 7) is 3.80. The van der Waals surface area contributed by atoms with Gasteiger partial charge in [-0.05, 0) is 38.8 Å². The zero-order valence-electron chi connectivity index (χ0n) is 13.5. The standard InChI is InChI=1S/C17H18ClN3O3/c1-11-12(10-19-21(11)14-7-4-3-6-13(14)18)15(22)20-9-5-8-17(20,2)16(23)24/h3-4,6-7,10H,5,8-9H2,1-2H3,(H,23,24). The van der Waals surface area contributed by atoms with Gasteiger partial charge in [-0.2, -0.15) is 5.10 Å². The molecule has 0 aliphatic carbocycles. The predicted molar refractivity (Wildman–Crippen MR) is 89.6 cm³/mol. The molecule has 24 heavy (non-hydrogen) atoms. The number of halogens is 1. The van der Waals surface area contributed by atoms with Gasteiger partial charge in [-0.3, -0.25) is 4.79 Å². The molecule has 1 N–H and O–H groups in total. The molecule has 1 aromatic carbocycles. The Morgan fingerprint density at radius 3 is 2.71 bits per heavy atom. The Labute approximate surface area is 144 Å². The van der Waals surface area contributed by atoms with Crippen LogP contribution in [0.2, 0.25) is 5.02 Å². The summed E-state index contributed by atoms with van der Waals surface area (Å²) in [7, 11) is 0. The first-order valence-corrected chi connectivity index (χ1v) is 8.09. The van der Waals surface area contributed by atoms with Crippen LogP contribution in [0.3, 0.4) is 0 Å². The van der Waals surface area contributed by atoms with E-state index in [1.807, 2.05) is 18.2 Å². The van der Waals surface area contributed by atoms with Crippen LogP contribution in [0.5, 0.6) is 0 Å². The van der Waals surface area contributed by atoms with Crippen molar-refractivity contribution in [3.05, 3.63) is 46.7 Å². The Bertz CT molecular complexity index is 817. The highest BCUT2D eigenvalue weighted by Gasteiger charge is 2.46. The molecule has 3 rings (SSSR count). The van der Waals surface area contributed by atoms with Crippen molar-refractivity contribution in [1.82, 2.24) is 14.7 Å². The van der Waals surface area contributed by atoms with Crippen LogP contribution in [0.15, 0.2) is 30.5 Å². The Hall–Kier alpha value is -2.34. The first-order chi connectivity index (χ1) is 11.4. The van der Waals surface area contributed by atoms with E-state index in [4.69, 9.17) is 11.6 Å². The van der Waals surface area contributed by atoms with E-state index in [9.17, 15) is 14.7 Å². The van der Waals surface area contributed by atoms with E-state index in [-0.39, 0.29) is 5.91 Å². The zero-order valence-corrected chi connectivity index (χ0v) is 14.2. The van der Waals surface area contributed by atoms with Crippen LogP contribution in [0.25, 0.3) is 5.69 Å². The lowest BCUT2D eigenvalue weighted by molar-refractivity contribution is -0.147. The molecule has 1 unspecified atom stereocenters. The number of carboxylic acid groups (broad SMARTS) is 1. The van der Waals surface area contributed by atoms with Gasteiger partial charge in [0.1, 0.15) is 5.54 Å². The number of aliphatic carboxylic acids is 1. The van der Waals surface area contributed by atoms with Crippen molar-refractivity contribution in [2.45, 2.75) is 32.2 Å². The molecule has 126 valence electrons. The van der Waals surface area contributed by atoms with Crippen molar-refractivity contribution >= 4 is 23.5 Å². The first kappa shape index (κ1) is 16.5. The lowest BCUT2D eigenvalue weighted by atomic mass is 9.98. The summed E-state index contributed by atoms with van der Waals surface area (Å²) in [5.41, 5.74) is 0.533. The van der Waals surface area contributed by atoms with Gasteiger partial charge in [0.25, 0.3) is 5.91 Å². The Morgan fingerprint density at radius 1 is 1.33 bits per heavy atom. The number of rotatable bonds is 3. The number of para-hydroxylation sites is 1. The summed E-state index contributed by atoms with van der Waals surface area (Å²) in [5, 5.41) is 14.3. The normalized spacial score (nSPS) is 20.4. The van der Waals surface area contributed by atoms with Gasteiger partial charge in [-0.25, -0.2) is 9.48 Å². The molecule has 1 aliphatic heterocycles. The first-order valence-electron chi connectivity index (χ1n) is 7.71. The summed E-state index contributed by atoms with van der Waals surface area (Å²) in [6, 6.07) is 7.22. The number of benzene rings is 1. The number of nitrogens with zero attached hydrogens (tertiary/aromatic N) is 3. The molecular formula is C17H18ClN3O3. The third-order valence-electron chi connectivity index (χ3n) is 4.67. The predicted octanol–water partition coefficient (Wildman–Crippen LogP) is 2.91. The van der Waals surface area contributed by atoms with Gasteiger partial charge in [-0.1, -0.05) is 23.7 Å². The van der Waals surface area contributed by atoms with Gasteiger partial charge < -0.3 is 10.0 Å². The third kappa shape index (κ3) is 2.47. The highest BCUT2D eigenvalue weighted by molar-refractivity contribution is 6.32. The molecule has 1 aliphatic rings. The van der Waals surface area contributed by atoms with E-state index >= 15 is 0 Å². The van der Waals surface area contributed by atoms with E-state index in [2.05, 4.69) is 5.10 Å². The number of carbonyl (C=O) groups excluding carboxylic acids is 1. The number of aromatic nitrogens is 2. The minimum atomic E-state index is -1.17. The number of amides is 1. The maximum atomic E-state index is 12.9. The molecule has 1 saturated heterocycles. The van der Waals surface area contributed by atoms with Gasteiger partial charge in [0.05, 0.1) is 28.2 Å². The molecule has 0 spiro atoms. The van der Waals surface area contributed by atoms with E-state index in [0.717, 1.165) is 0 Å². The molecule has 2 heterocycles. The highest BCUT2D eigenvalue weighted by Crippen LogP contribution is 2.32. The molecule has 1 atom stereocenters. The van der Waals surface area contributed by atoms with Crippen LogP contribution in [-0.2, 0) is 4.79 Å². The Morgan fingerprint density at radius 2 is 2.04 bits per heavy atom. The lowest BCUT2D eigenvalue weighted by Gasteiger charge is -2.31. The SMILES string of the molecule is Cc1c(C(=O)N2CCCC2(C)C(=O)O)cnn1-c1ccccc1Cl. The van der Waals surface area contributed by atoms with Gasteiger partial charge in [0.2, 0.25) is 0 Å². The number of hydrogen-bond donors (Lipinski definition) is 1. The molecule has 1 amide bonds. The summed E-state index contributed by atoms with van der Waals surface area (Å²) < 4.78 is 1.60. The van der Waals surface area contributed by atoms with E-state index < -0.39 is 11.5 Å². The van der Waals surface area contributed by atoms with Crippen molar-refractivity contribution in [3.8, 4) is 5.69 Å². The summed E-state index contributed by atoms with van der Waals surface area (Å²) in [4.78, 5) is 25.9. The fourth-order valence-corrected chi connectivity index (χ4v) is 3.36. The topological polar surface area (TPSA) is 75.4 Å². The Kier molecular flexibility index (Phi) is 4.09. The molecule has 0 saturated carbocycles. The fourth-order valence-electron chi connectivity index (χ4n) is 3.14. The fraction of sp³-hybridized carbons (Fsp3) is 0.353. The van der Waals surface area contributed by atoms with Crippen LogP contribution in [0, 0.1) is 6.92 Å². The van der Waals surface area contributed by atoms with Crippen molar-refractivity contribution in [3.63, 3.8) is 0 Å². The van der Waals surface area contributed by atoms with Crippen LogP contribution >= 0.6 is 11.6 Å². The number of hydrogen-bond acceptors (Lipinski definition) is 3. The molecule has 2 aromatic rings. The number of carbonyl (C=O) groups is 2. The molecule has 0 radical (unpaired) electrons. The van der Waals surface area contributed by atoms with Gasteiger partial charge in [0, 0.05) is 6.54 Å². The quantitative estimate of drug-likeness (QED) is 0.926. The second-order valence-corrected chi connectivity index (χ2v) is 6.55. The molecule has 6 nitrogen and oxygen atoms in total. The highest BCUT2D eigenvalue weighted by atomic mass is 35.5. The second-order valence-electron chi connectivity index (χ2n) is 6.15. The van der Waals surface area contributed by atoms with Crippen LogP contribution in [-0.4, -0.2) is 43.7 Å². The second kappa shape index (κ2) is 5.94. The average Bonchev–Trinajstić information content (AvgIpc) is 3.12. The molecule has 0 bridgehead atoms. The number of likely N-dealkylation sites (tertiary alicyclic amines) is 1. The minimum Gasteiger partial charge on any atom is -0.480 e. The van der Waals surface area contributed by atoms with Crippen molar-refractivity contribution in [2.75, 3.05) is 6.54 Å². The molecule has 7 heteroatoms. The van der Waals surface area contributed by atoms with E-state index in [1.54, 1.807) is 24.6 Å². The van der Waals surface area contributed by atoms with Gasteiger partial charge >= 0.3 is 5.97 Å². The Balaban J connectivity index is 1.99. The van der Waals surface area contributed by atoms with Crippen molar-refractivity contribution in [2.24, 2.45) is 0 Å². The zero-order chi connectivity index (χ0) is 17.5. The molecule has 1 aromatic heterocycles. The molecular weight excluding hydrogens is 330 g/mol. The number of carboxylic acids is 1. The van der Waals surface area contributed by atoms with Crippen LogP contribution in [0.1, 0.15) is 35.8 Å². The van der Waals surface area contributed by atoms with E-state index in [1.165, 1.54) is 11.1 Å². The third-order valence-corrected chi connectivity index (χ3v) is 4.99. The van der Waals surface area contributed by atoms with Crippen LogP contribution in [0.4, 0.5) is 0 Å². The summed E-state index contributed by atoms with van der Waals surface area (Å²) in [5.74, 6) is -1.29. The lowest BCUT2D eigenvalue weighted by Crippen LogP contribution is -2.50. The maximum Gasteiger partial charge on any atom is 0.329 e. The van der Waals surface area contributed by atoms with Crippen molar-refractivity contribution < 1.29 is 14.7 Å². The van der Waals surface area contributed by atoms with Crippen LogP contribution < -0.4 is 0 Å². The van der Waals surface area contributed by atoms with Gasteiger partial charge in [0.15, 0.2) is 0 Å². The minimum absolute atomic E-state index is 0.312. The average molecular weight is 348 g/mol. The smallest absolute Gasteiger partial charge is 0.329 e. The monoisotopic (exact) mass is 347 g/mol.